The van der Waals surface area contributed by atoms with Crippen LogP contribution in [0, 0.1) is 0 Å². The molecule has 28 heavy (non-hydrogen) atoms. The summed E-state index contributed by atoms with van der Waals surface area (Å²) in [5.74, 6) is -2.53. The molecule has 2 aliphatic heterocycles. The Kier molecular flexibility index (Phi) is 4.28. The Balaban J connectivity index is 1.57. The minimum absolute atomic E-state index is 0.0664. The van der Waals surface area contributed by atoms with Crippen LogP contribution in [-0.2, 0) is 9.59 Å². The van der Waals surface area contributed by atoms with Gasteiger partial charge in [-0.1, -0.05) is 13.3 Å². The van der Waals surface area contributed by atoms with Gasteiger partial charge in [0.1, 0.15) is 6.04 Å². The molecule has 1 saturated carbocycles. The number of carbonyl (C=O) groups is 5. The number of benzene rings is 1. The average Bonchev–Trinajstić information content (AvgIpc) is 3.36. The van der Waals surface area contributed by atoms with Crippen LogP contribution in [0.2, 0.25) is 0 Å². The van der Waals surface area contributed by atoms with Crippen molar-refractivity contribution in [2.75, 3.05) is 0 Å². The molecular formula is C20H21N3O5. The molecule has 0 aromatic heterocycles. The molecule has 3 aliphatic rings. The molecule has 4 rings (SSSR count). The van der Waals surface area contributed by atoms with Crippen LogP contribution in [0.3, 0.4) is 0 Å². The topological polar surface area (TPSA) is 113 Å². The predicted molar refractivity (Wildman–Crippen MR) is 97.5 cm³/mol. The van der Waals surface area contributed by atoms with Crippen molar-refractivity contribution in [3.05, 3.63) is 34.9 Å². The Bertz CT molecular complexity index is 918. The van der Waals surface area contributed by atoms with E-state index in [1.807, 2.05) is 0 Å². The standard InChI is InChI=1S/C20H21N3O5/c1-2-7-20(8-9-20)22-16(25)11-3-4-12-13(10-11)19(28)23(18(12)27)14-5-6-15(24)21-17(14)26/h3-4,10,14H,2,5-9H2,1H3,(H,22,25)(H,21,24,26). The molecule has 2 heterocycles. The highest BCUT2D eigenvalue weighted by atomic mass is 16.2. The van der Waals surface area contributed by atoms with Crippen molar-refractivity contribution < 1.29 is 24.0 Å². The number of nitrogens with zero attached hydrogens (tertiary/aromatic N) is 1. The molecule has 1 saturated heterocycles. The normalized spacial score (nSPS) is 22.8. The summed E-state index contributed by atoms with van der Waals surface area (Å²) < 4.78 is 0. The van der Waals surface area contributed by atoms with Gasteiger partial charge in [-0.05, 0) is 43.9 Å². The van der Waals surface area contributed by atoms with Crippen LogP contribution in [0.5, 0.6) is 0 Å². The lowest BCUT2D eigenvalue weighted by Crippen LogP contribution is -2.54. The molecule has 1 aliphatic carbocycles. The summed E-state index contributed by atoms with van der Waals surface area (Å²) in [6.45, 7) is 2.06. The van der Waals surface area contributed by atoms with E-state index < -0.39 is 29.7 Å². The Morgan fingerprint density at radius 1 is 1.18 bits per heavy atom. The monoisotopic (exact) mass is 383 g/mol. The maximum Gasteiger partial charge on any atom is 0.262 e. The van der Waals surface area contributed by atoms with E-state index in [0.29, 0.717) is 5.56 Å². The molecule has 1 aromatic rings. The van der Waals surface area contributed by atoms with Gasteiger partial charge in [-0.15, -0.1) is 0 Å². The highest BCUT2D eigenvalue weighted by Crippen LogP contribution is 2.40. The molecule has 2 N–H and O–H groups in total. The first-order valence-corrected chi connectivity index (χ1v) is 9.53. The minimum Gasteiger partial charge on any atom is -0.347 e. The van der Waals surface area contributed by atoms with Crippen LogP contribution < -0.4 is 10.6 Å². The van der Waals surface area contributed by atoms with Crippen molar-refractivity contribution in [1.82, 2.24) is 15.5 Å². The quantitative estimate of drug-likeness (QED) is 0.741. The van der Waals surface area contributed by atoms with E-state index in [1.54, 1.807) is 0 Å². The zero-order chi connectivity index (χ0) is 20.1. The molecule has 0 spiro atoms. The van der Waals surface area contributed by atoms with Crippen molar-refractivity contribution in [2.24, 2.45) is 0 Å². The molecule has 2 fully saturated rings. The molecular weight excluding hydrogens is 362 g/mol. The van der Waals surface area contributed by atoms with E-state index in [2.05, 4.69) is 17.6 Å². The van der Waals surface area contributed by atoms with Crippen molar-refractivity contribution in [3.8, 4) is 0 Å². The molecule has 146 valence electrons. The Morgan fingerprint density at radius 2 is 1.89 bits per heavy atom. The zero-order valence-electron chi connectivity index (χ0n) is 15.5. The molecule has 0 bridgehead atoms. The third kappa shape index (κ3) is 2.98. The number of imide groups is 2. The van der Waals surface area contributed by atoms with E-state index in [1.165, 1.54) is 18.2 Å². The highest BCUT2D eigenvalue weighted by molar-refractivity contribution is 6.24. The third-order valence-corrected chi connectivity index (χ3v) is 5.66. The summed E-state index contributed by atoms with van der Waals surface area (Å²) in [5.41, 5.74) is 0.444. The minimum atomic E-state index is -1.01. The van der Waals surface area contributed by atoms with Gasteiger partial charge in [-0.25, -0.2) is 0 Å². The number of rotatable bonds is 5. The van der Waals surface area contributed by atoms with Crippen molar-refractivity contribution in [3.63, 3.8) is 0 Å². The second-order valence-corrected chi connectivity index (χ2v) is 7.69. The van der Waals surface area contributed by atoms with Crippen molar-refractivity contribution >= 4 is 29.5 Å². The second-order valence-electron chi connectivity index (χ2n) is 7.69. The van der Waals surface area contributed by atoms with Gasteiger partial charge in [0, 0.05) is 17.5 Å². The van der Waals surface area contributed by atoms with E-state index in [-0.39, 0.29) is 35.4 Å². The van der Waals surface area contributed by atoms with Crippen molar-refractivity contribution in [2.45, 2.75) is 57.0 Å². The number of hydrogen-bond donors (Lipinski definition) is 2. The van der Waals surface area contributed by atoms with Crippen molar-refractivity contribution in [1.29, 1.82) is 0 Å². The Morgan fingerprint density at radius 3 is 2.54 bits per heavy atom. The predicted octanol–water partition coefficient (Wildman–Crippen LogP) is 1.15. The Labute approximate surface area is 161 Å². The summed E-state index contributed by atoms with van der Waals surface area (Å²) >= 11 is 0. The summed E-state index contributed by atoms with van der Waals surface area (Å²) in [4.78, 5) is 62.4. The second kappa shape index (κ2) is 6.54. The number of amides is 5. The van der Waals surface area contributed by atoms with Gasteiger partial charge < -0.3 is 5.32 Å². The first-order chi connectivity index (χ1) is 13.3. The summed E-state index contributed by atoms with van der Waals surface area (Å²) in [7, 11) is 0. The fraction of sp³-hybridized carbons (Fsp3) is 0.450. The van der Waals surface area contributed by atoms with E-state index in [0.717, 1.165) is 30.6 Å². The van der Waals surface area contributed by atoms with Gasteiger partial charge in [0.15, 0.2) is 0 Å². The highest BCUT2D eigenvalue weighted by Gasteiger charge is 2.46. The molecule has 0 radical (unpaired) electrons. The van der Waals surface area contributed by atoms with E-state index >= 15 is 0 Å². The number of nitrogens with one attached hydrogen (secondary N) is 2. The molecule has 1 aromatic carbocycles. The molecule has 8 nitrogen and oxygen atoms in total. The maximum absolute atomic E-state index is 12.8. The Hall–Kier alpha value is -3.03. The largest absolute Gasteiger partial charge is 0.347 e. The van der Waals surface area contributed by atoms with Crippen LogP contribution in [0.25, 0.3) is 0 Å². The van der Waals surface area contributed by atoms with Crippen LogP contribution in [-0.4, -0.2) is 46.0 Å². The average molecular weight is 383 g/mol. The number of carbonyl (C=O) groups excluding carboxylic acids is 5. The maximum atomic E-state index is 12.8. The van der Waals surface area contributed by atoms with Crippen LogP contribution >= 0.6 is 0 Å². The third-order valence-electron chi connectivity index (χ3n) is 5.66. The molecule has 8 heteroatoms. The fourth-order valence-electron chi connectivity index (χ4n) is 3.99. The lowest BCUT2D eigenvalue weighted by atomic mass is 10.0. The number of piperidine rings is 1. The molecule has 1 atom stereocenters. The number of hydrogen-bond acceptors (Lipinski definition) is 5. The van der Waals surface area contributed by atoms with Gasteiger partial charge in [0.25, 0.3) is 17.7 Å². The van der Waals surface area contributed by atoms with Gasteiger partial charge in [0.2, 0.25) is 11.8 Å². The van der Waals surface area contributed by atoms with Gasteiger partial charge in [-0.2, -0.15) is 0 Å². The smallest absolute Gasteiger partial charge is 0.262 e. The van der Waals surface area contributed by atoms with E-state index in [4.69, 9.17) is 0 Å². The van der Waals surface area contributed by atoms with E-state index in [9.17, 15) is 24.0 Å². The molecule has 1 unspecified atom stereocenters. The molecule has 5 amide bonds. The summed E-state index contributed by atoms with van der Waals surface area (Å²) in [5, 5.41) is 5.20. The number of fused-ring (bicyclic) bond motifs is 1. The van der Waals surface area contributed by atoms with Crippen LogP contribution in [0.15, 0.2) is 18.2 Å². The van der Waals surface area contributed by atoms with Crippen LogP contribution in [0.4, 0.5) is 0 Å². The fourth-order valence-corrected chi connectivity index (χ4v) is 3.99. The van der Waals surface area contributed by atoms with Gasteiger partial charge in [-0.3, -0.25) is 34.2 Å². The lowest BCUT2D eigenvalue weighted by Gasteiger charge is -2.27. The lowest BCUT2D eigenvalue weighted by molar-refractivity contribution is -0.136. The summed E-state index contributed by atoms with van der Waals surface area (Å²) in [6, 6.07) is 3.38. The SMILES string of the molecule is CCCC1(NC(=O)c2ccc3c(c2)C(=O)N(C2CCC(=O)NC2=O)C3=O)CC1. The van der Waals surface area contributed by atoms with Gasteiger partial charge >= 0.3 is 0 Å². The first kappa shape index (κ1) is 18.3. The van der Waals surface area contributed by atoms with Gasteiger partial charge in [0.05, 0.1) is 11.1 Å². The summed E-state index contributed by atoms with van der Waals surface area (Å²) in [6.07, 6.45) is 3.93. The van der Waals surface area contributed by atoms with Crippen LogP contribution in [0.1, 0.15) is 76.5 Å². The first-order valence-electron chi connectivity index (χ1n) is 9.53. The zero-order valence-corrected chi connectivity index (χ0v) is 15.5.